The van der Waals surface area contributed by atoms with Gasteiger partial charge in [-0.05, 0) is 19.3 Å². The van der Waals surface area contributed by atoms with Crippen LogP contribution in [0.1, 0.15) is 45.4 Å². The van der Waals surface area contributed by atoms with Crippen molar-refractivity contribution in [3.63, 3.8) is 0 Å². The number of guanidine groups is 1. The first-order chi connectivity index (χ1) is 10.9. The van der Waals surface area contributed by atoms with E-state index in [0.717, 1.165) is 64.4 Å². The molecular weight excluding hydrogens is 276 g/mol. The van der Waals surface area contributed by atoms with Gasteiger partial charge in [0.15, 0.2) is 5.96 Å². The molecular formula is C17H34N4O. The molecule has 0 aromatic heterocycles. The molecule has 22 heavy (non-hydrogen) atoms. The molecule has 0 bridgehead atoms. The van der Waals surface area contributed by atoms with Crippen molar-refractivity contribution >= 4 is 5.96 Å². The average molecular weight is 310 g/mol. The summed E-state index contributed by atoms with van der Waals surface area (Å²) in [6.45, 7) is 9.87. The molecule has 0 aromatic rings. The van der Waals surface area contributed by atoms with Crippen LogP contribution in [0.5, 0.6) is 0 Å². The molecule has 5 nitrogen and oxygen atoms in total. The number of hydrogen-bond acceptors (Lipinski definition) is 3. The van der Waals surface area contributed by atoms with Gasteiger partial charge >= 0.3 is 0 Å². The van der Waals surface area contributed by atoms with Crippen LogP contribution in [0.2, 0.25) is 0 Å². The quantitative estimate of drug-likeness (QED) is 0.556. The molecule has 5 heteroatoms. The smallest absolute Gasteiger partial charge is 0.191 e. The van der Waals surface area contributed by atoms with Crippen LogP contribution in [-0.4, -0.2) is 63.3 Å². The Labute approximate surface area is 135 Å². The van der Waals surface area contributed by atoms with E-state index in [2.05, 4.69) is 22.5 Å². The Morgan fingerprint density at radius 3 is 2.64 bits per heavy atom. The molecule has 1 saturated heterocycles. The maximum atomic E-state index is 5.38. The summed E-state index contributed by atoms with van der Waals surface area (Å²) in [6, 6.07) is 0. The standard InChI is InChI=1S/C17H34N4O/c1-2-18-17(19-9-8-16-6-4-3-5-7-16)20-10-11-21-12-14-22-15-13-21/h16H,2-15H2,1H3,(H2,18,19,20). The molecule has 0 spiro atoms. The van der Waals surface area contributed by atoms with Crippen molar-refractivity contribution in [2.24, 2.45) is 10.9 Å². The first-order valence-corrected chi connectivity index (χ1v) is 9.20. The summed E-state index contributed by atoms with van der Waals surface area (Å²) in [5, 5.41) is 6.82. The first-order valence-electron chi connectivity index (χ1n) is 9.20. The highest BCUT2D eigenvalue weighted by Crippen LogP contribution is 2.25. The van der Waals surface area contributed by atoms with Crippen molar-refractivity contribution in [2.45, 2.75) is 45.4 Å². The number of rotatable bonds is 7. The predicted octanol–water partition coefficient (Wildman–Crippen LogP) is 1.84. The topological polar surface area (TPSA) is 48.9 Å². The number of aliphatic imine (C=N–C) groups is 1. The van der Waals surface area contributed by atoms with Gasteiger partial charge in [0.2, 0.25) is 0 Å². The second-order valence-corrected chi connectivity index (χ2v) is 6.43. The molecule has 0 amide bonds. The minimum atomic E-state index is 0.871. The average Bonchev–Trinajstić information content (AvgIpc) is 2.57. The van der Waals surface area contributed by atoms with Gasteiger partial charge < -0.3 is 15.4 Å². The summed E-state index contributed by atoms with van der Waals surface area (Å²) in [5.41, 5.74) is 0. The maximum Gasteiger partial charge on any atom is 0.191 e. The van der Waals surface area contributed by atoms with Crippen molar-refractivity contribution in [3.8, 4) is 0 Å². The molecule has 1 aliphatic heterocycles. The fraction of sp³-hybridized carbons (Fsp3) is 0.941. The van der Waals surface area contributed by atoms with E-state index < -0.39 is 0 Å². The summed E-state index contributed by atoms with van der Waals surface area (Å²) < 4.78 is 5.38. The Kier molecular flexibility index (Phi) is 8.64. The van der Waals surface area contributed by atoms with Gasteiger partial charge in [-0.3, -0.25) is 9.89 Å². The van der Waals surface area contributed by atoms with E-state index in [1.165, 1.54) is 38.5 Å². The van der Waals surface area contributed by atoms with Crippen LogP contribution in [0, 0.1) is 5.92 Å². The van der Waals surface area contributed by atoms with E-state index in [1.54, 1.807) is 0 Å². The summed E-state index contributed by atoms with van der Waals surface area (Å²) in [4.78, 5) is 7.19. The Balaban J connectivity index is 1.62. The van der Waals surface area contributed by atoms with Crippen LogP contribution >= 0.6 is 0 Å². The third kappa shape index (κ3) is 6.97. The van der Waals surface area contributed by atoms with E-state index >= 15 is 0 Å². The van der Waals surface area contributed by atoms with Crippen LogP contribution in [0.4, 0.5) is 0 Å². The Hall–Kier alpha value is -0.810. The number of hydrogen-bond donors (Lipinski definition) is 2. The SMILES string of the molecule is CCNC(=NCCC1CCCCC1)NCCN1CCOCC1. The minimum absolute atomic E-state index is 0.871. The van der Waals surface area contributed by atoms with E-state index in [9.17, 15) is 0 Å². The first kappa shape index (κ1) is 17.5. The van der Waals surface area contributed by atoms with Crippen LogP contribution in [0.15, 0.2) is 4.99 Å². The molecule has 0 unspecified atom stereocenters. The molecule has 2 N–H and O–H groups in total. The molecule has 2 fully saturated rings. The van der Waals surface area contributed by atoms with E-state index in [4.69, 9.17) is 9.73 Å². The van der Waals surface area contributed by atoms with Crippen molar-refractivity contribution in [2.75, 3.05) is 52.5 Å². The van der Waals surface area contributed by atoms with Crippen LogP contribution < -0.4 is 10.6 Å². The van der Waals surface area contributed by atoms with E-state index in [-0.39, 0.29) is 0 Å². The highest BCUT2D eigenvalue weighted by atomic mass is 16.5. The van der Waals surface area contributed by atoms with Gasteiger partial charge in [-0.15, -0.1) is 0 Å². The van der Waals surface area contributed by atoms with Gasteiger partial charge in [0.25, 0.3) is 0 Å². The minimum Gasteiger partial charge on any atom is -0.379 e. The number of nitrogens with zero attached hydrogens (tertiary/aromatic N) is 2. The van der Waals surface area contributed by atoms with Gasteiger partial charge in [0, 0.05) is 39.3 Å². The lowest BCUT2D eigenvalue weighted by molar-refractivity contribution is 0.0389. The number of nitrogens with one attached hydrogen (secondary N) is 2. The summed E-state index contributed by atoms with van der Waals surface area (Å²) in [5.74, 6) is 1.89. The van der Waals surface area contributed by atoms with E-state index in [1.807, 2.05) is 0 Å². The normalized spacial score (nSPS) is 21.8. The fourth-order valence-electron chi connectivity index (χ4n) is 3.33. The van der Waals surface area contributed by atoms with Crippen molar-refractivity contribution in [1.82, 2.24) is 15.5 Å². The molecule has 1 saturated carbocycles. The third-order valence-corrected chi connectivity index (χ3v) is 4.70. The zero-order valence-corrected chi connectivity index (χ0v) is 14.3. The van der Waals surface area contributed by atoms with Crippen LogP contribution in [0.3, 0.4) is 0 Å². The Morgan fingerprint density at radius 2 is 1.91 bits per heavy atom. The van der Waals surface area contributed by atoms with Crippen molar-refractivity contribution in [3.05, 3.63) is 0 Å². The zero-order chi connectivity index (χ0) is 15.5. The predicted molar refractivity (Wildman–Crippen MR) is 92.4 cm³/mol. The molecule has 1 heterocycles. The second-order valence-electron chi connectivity index (χ2n) is 6.43. The van der Waals surface area contributed by atoms with Crippen LogP contribution in [0.25, 0.3) is 0 Å². The monoisotopic (exact) mass is 310 g/mol. The highest BCUT2D eigenvalue weighted by molar-refractivity contribution is 5.79. The van der Waals surface area contributed by atoms with Gasteiger partial charge in [-0.25, -0.2) is 0 Å². The lowest BCUT2D eigenvalue weighted by atomic mass is 9.87. The van der Waals surface area contributed by atoms with Gasteiger partial charge in [0.1, 0.15) is 0 Å². The molecule has 0 radical (unpaired) electrons. The highest BCUT2D eigenvalue weighted by Gasteiger charge is 2.13. The van der Waals surface area contributed by atoms with Gasteiger partial charge in [-0.2, -0.15) is 0 Å². The van der Waals surface area contributed by atoms with Crippen molar-refractivity contribution < 1.29 is 4.74 Å². The van der Waals surface area contributed by atoms with Crippen LogP contribution in [-0.2, 0) is 4.74 Å². The largest absolute Gasteiger partial charge is 0.379 e. The van der Waals surface area contributed by atoms with Crippen molar-refractivity contribution in [1.29, 1.82) is 0 Å². The lowest BCUT2D eigenvalue weighted by Gasteiger charge is -2.26. The fourth-order valence-corrected chi connectivity index (χ4v) is 3.33. The number of morpholine rings is 1. The molecule has 0 atom stereocenters. The molecule has 1 aliphatic carbocycles. The van der Waals surface area contributed by atoms with Gasteiger partial charge in [0.05, 0.1) is 13.2 Å². The zero-order valence-electron chi connectivity index (χ0n) is 14.3. The number of ether oxygens (including phenoxy) is 1. The third-order valence-electron chi connectivity index (χ3n) is 4.70. The maximum absolute atomic E-state index is 5.38. The molecule has 0 aromatic carbocycles. The summed E-state index contributed by atoms with van der Waals surface area (Å²) in [6.07, 6.45) is 8.36. The Bertz CT molecular complexity index is 310. The molecule has 2 aliphatic rings. The Morgan fingerprint density at radius 1 is 1.14 bits per heavy atom. The molecule has 2 rings (SSSR count). The summed E-state index contributed by atoms with van der Waals surface area (Å²) >= 11 is 0. The van der Waals surface area contributed by atoms with Gasteiger partial charge in [-0.1, -0.05) is 32.1 Å². The summed E-state index contributed by atoms with van der Waals surface area (Å²) in [7, 11) is 0. The second kappa shape index (κ2) is 10.8. The van der Waals surface area contributed by atoms with E-state index in [0.29, 0.717) is 0 Å². The lowest BCUT2D eigenvalue weighted by Crippen LogP contribution is -2.44. The molecule has 128 valence electrons.